The molecule has 0 heterocycles. The van der Waals surface area contributed by atoms with Crippen molar-refractivity contribution in [3.05, 3.63) is 35.9 Å². The summed E-state index contributed by atoms with van der Waals surface area (Å²) in [6.45, 7) is 4.79. The molecule has 0 spiro atoms. The Kier molecular flexibility index (Phi) is 5.53. The van der Waals surface area contributed by atoms with Crippen molar-refractivity contribution in [2.24, 2.45) is 0 Å². The van der Waals surface area contributed by atoms with Gasteiger partial charge in [-0.2, -0.15) is 0 Å². The fourth-order valence-corrected chi connectivity index (χ4v) is 1.61. The summed E-state index contributed by atoms with van der Waals surface area (Å²) < 4.78 is 0. The lowest BCUT2D eigenvalue weighted by Gasteiger charge is -2.14. The third-order valence-electron chi connectivity index (χ3n) is 2.59. The fraction of sp³-hybridized carbons (Fsp3) is 0.462. The van der Waals surface area contributed by atoms with Gasteiger partial charge in [0.2, 0.25) is 5.91 Å². The van der Waals surface area contributed by atoms with E-state index in [1.807, 2.05) is 25.1 Å². The van der Waals surface area contributed by atoms with Crippen LogP contribution in [-0.2, 0) is 4.79 Å². The molecule has 1 amide bonds. The molecule has 0 fully saturated rings. The van der Waals surface area contributed by atoms with E-state index in [2.05, 4.69) is 40.3 Å². The van der Waals surface area contributed by atoms with Gasteiger partial charge in [-0.25, -0.2) is 0 Å². The lowest BCUT2D eigenvalue weighted by molar-refractivity contribution is -0.120. The Morgan fingerprint density at radius 1 is 1.38 bits per heavy atom. The Balaban J connectivity index is 2.42. The van der Waals surface area contributed by atoms with Crippen LogP contribution >= 0.6 is 15.9 Å². The van der Waals surface area contributed by atoms with Crippen molar-refractivity contribution >= 4 is 21.8 Å². The Hall–Kier alpha value is -0.830. The summed E-state index contributed by atoms with van der Waals surface area (Å²) in [6.07, 6.45) is 0.811. The van der Waals surface area contributed by atoms with E-state index >= 15 is 0 Å². The summed E-state index contributed by atoms with van der Waals surface area (Å²) in [5, 5.41) is 2.95. The van der Waals surface area contributed by atoms with E-state index in [0.717, 1.165) is 6.42 Å². The Morgan fingerprint density at radius 3 is 2.56 bits per heavy atom. The average molecular weight is 284 g/mol. The number of nitrogens with one attached hydrogen (secondary N) is 1. The number of benzene rings is 1. The Bertz CT molecular complexity index is 326. The van der Waals surface area contributed by atoms with Crippen molar-refractivity contribution in [1.29, 1.82) is 0 Å². The van der Waals surface area contributed by atoms with Gasteiger partial charge in [-0.05, 0) is 17.9 Å². The molecule has 2 unspecified atom stereocenters. The van der Waals surface area contributed by atoms with Crippen LogP contribution in [0.25, 0.3) is 0 Å². The zero-order chi connectivity index (χ0) is 12.0. The molecular weight excluding hydrogens is 266 g/mol. The minimum Gasteiger partial charge on any atom is -0.355 e. The van der Waals surface area contributed by atoms with Gasteiger partial charge in [-0.3, -0.25) is 4.79 Å². The molecule has 0 saturated heterocycles. The smallest absolute Gasteiger partial charge is 0.233 e. The van der Waals surface area contributed by atoms with E-state index in [9.17, 15) is 4.79 Å². The fourth-order valence-electron chi connectivity index (χ4n) is 1.45. The number of amides is 1. The minimum atomic E-state index is -0.0736. The number of carbonyl (C=O) groups is 1. The minimum absolute atomic E-state index is 0.0736. The molecule has 1 aromatic carbocycles. The summed E-state index contributed by atoms with van der Waals surface area (Å²) >= 11 is 3.34. The number of rotatable bonds is 5. The molecular formula is C13H18BrNO. The van der Waals surface area contributed by atoms with Crippen LogP contribution in [0.1, 0.15) is 31.7 Å². The first-order chi connectivity index (χ1) is 7.65. The zero-order valence-corrected chi connectivity index (χ0v) is 11.3. The van der Waals surface area contributed by atoms with E-state index in [1.165, 1.54) is 5.56 Å². The molecule has 3 heteroatoms. The van der Waals surface area contributed by atoms with Crippen molar-refractivity contribution in [3.8, 4) is 0 Å². The molecule has 0 aromatic heterocycles. The van der Waals surface area contributed by atoms with Gasteiger partial charge in [0.25, 0.3) is 0 Å². The highest BCUT2D eigenvalue weighted by atomic mass is 79.9. The number of hydrogen-bond donors (Lipinski definition) is 1. The molecule has 1 aromatic rings. The molecule has 2 atom stereocenters. The van der Waals surface area contributed by atoms with Crippen LogP contribution < -0.4 is 5.32 Å². The molecule has 0 aliphatic rings. The average Bonchev–Trinajstić information content (AvgIpc) is 2.35. The van der Waals surface area contributed by atoms with Gasteiger partial charge in [-0.15, -0.1) is 0 Å². The van der Waals surface area contributed by atoms with Gasteiger partial charge in [0, 0.05) is 6.54 Å². The third kappa shape index (κ3) is 3.97. The lowest BCUT2D eigenvalue weighted by Crippen LogP contribution is -2.33. The zero-order valence-electron chi connectivity index (χ0n) is 9.74. The first-order valence-corrected chi connectivity index (χ1v) is 6.53. The van der Waals surface area contributed by atoms with Crippen molar-refractivity contribution < 1.29 is 4.79 Å². The van der Waals surface area contributed by atoms with Crippen LogP contribution in [0, 0.1) is 0 Å². The van der Waals surface area contributed by atoms with Crippen LogP contribution in [-0.4, -0.2) is 17.3 Å². The molecule has 0 aliphatic carbocycles. The molecule has 0 aliphatic heterocycles. The van der Waals surface area contributed by atoms with Crippen molar-refractivity contribution in [2.45, 2.75) is 31.0 Å². The maximum atomic E-state index is 11.6. The van der Waals surface area contributed by atoms with Crippen LogP contribution in [0.5, 0.6) is 0 Å². The van der Waals surface area contributed by atoms with E-state index < -0.39 is 0 Å². The molecule has 1 rings (SSSR count). The second-order valence-corrected chi connectivity index (χ2v) is 5.04. The summed E-state index contributed by atoms with van der Waals surface area (Å²) in [5.41, 5.74) is 1.26. The first-order valence-electron chi connectivity index (χ1n) is 5.61. The first kappa shape index (κ1) is 13.2. The quantitative estimate of drug-likeness (QED) is 0.827. The monoisotopic (exact) mass is 283 g/mol. The molecule has 1 N–H and O–H groups in total. The highest BCUT2D eigenvalue weighted by Gasteiger charge is 2.13. The van der Waals surface area contributed by atoms with Crippen LogP contribution in [0.15, 0.2) is 30.3 Å². The standard InChI is InChI=1S/C13H18BrNO/c1-3-12(14)13(16)15-9-10(2)11-7-5-4-6-8-11/h4-8,10,12H,3,9H2,1-2H3,(H,15,16). The van der Waals surface area contributed by atoms with E-state index in [4.69, 9.17) is 0 Å². The summed E-state index contributed by atoms with van der Waals surface area (Å²) in [6, 6.07) is 10.2. The van der Waals surface area contributed by atoms with Crippen molar-refractivity contribution in [2.75, 3.05) is 6.54 Å². The predicted molar refractivity (Wildman–Crippen MR) is 70.9 cm³/mol. The lowest BCUT2D eigenvalue weighted by atomic mass is 10.0. The maximum Gasteiger partial charge on any atom is 0.233 e. The number of halogens is 1. The van der Waals surface area contributed by atoms with Gasteiger partial charge in [0.15, 0.2) is 0 Å². The highest BCUT2D eigenvalue weighted by Crippen LogP contribution is 2.13. The molecule has 0 radical (unpaired) electrons. The number of hydrogen-bond acceptors (Lipinski definition) is 1. The second kappa shape index (κ2) is 6.69. The summed E-state index contributed by atoms with van der Waals surface area (Å²) in [7, 11) is 0. The molecule has 0 bridgehead atoms. The SMILES string of the molecule is CCC(Br)C(=O)NCC(C)c1ccccc1. The van der Waals surface area contributed by atoms with Gasteiger partial charge >= 0.3 is 0 Å². The third-order valence-corrected chi connectivity index (χ3v) is 3.66. The van der Waals surface area contributed by atoms with Gasteiger partial charge < -0.3 is 5.32 Å². The van der Waals surface area contributed by atoms with E-state index in [-0.39, 0.29) is 10.7 Å². The normalized spacial score (nSPS) is 14.2. The predicted octanol–water partition coefficient (Wildman–Crippen LogP) is 3.08. The second-order valence-electron chi connectivity index (χ2n) is 3.93. The molecule has 16 heavy (non-hydrogen) atoms. The largest absolute Gasteiger partial charge is 0.355 e. The van der Waals surface area contributed by atoms with E-state index in [1.54, 1.807) is 0 Å². The summed E-state index contributed by atoms with van der Waals surface area (Å²) in [4.78, 5) is 11.5. The topological polar surface area (TPSA) is 29.1 Å². The molecule has 88 valence electrons. The van der Waals surface area contributed by atoms with Crippen molar-refractivity contribution in [3.63, 3.8) is 0 Å². The van der Waals surface area contributed by atoms with Gasteiger partial charge in [-0.1, -0.05) is 60.1 Å². The number of carbonyl (C=O) groups excluding carboxylic acids is 1. The van der Waals surface area contributed by atoms with Crippen LogP contribution in [0.3, 0.4) is 0 Å². The van der Waals surface area contributed by atoms with Gasteiger partial charge in [0.05, 0.1) is 4.83 Å². The summed E-state index contributed by atoms with van der Waals surface area (Å²) in [5.74, 6) is 0.423. The Labute approximate surface area is 106 Å². The Morgan fingerprint density at radius 2 is 2.00 bits per heavy atom. The number of alkyl halides is 1. The van der Waals surface area contributed by atoms with E-state index in [0.29, 0.717) is 12.5 Å². The molecule has 2 nitrogen and oxygen atoms in total. The van der Waals surface area contributed by atoms with Crippen LogP contribution in [0.4, 0.5) is 0 Å². The molecule has 0 saturated carbocycles. The van der Waals surface area contributed by atoms with Crippen LogP contribution in [0.2, 0.25) is 0 Å². The van der Waals surface area contributed by atoms with Crippen molar-refractivity contribution in [1.82, 2.24) is 5.32 Å². The maximum absolute atomic E-state index is 11.6. The highest BCUT2D eigenvalue weighted by molar-refractivity contribution is 9.10. The van der Waals surface area contributed by atoms with Gasteiger partial charge in [0.1, 0.15) is 0 Å².